The summed E-state index contributed by atoms with van der Waals surface area (Å²) in [7, 11) is 0. The van der Waals surface area contributed by atoms with E-state index in [-0.39, 0.29) is 11.9 Å². The summed E-state index contributed by atoms with van der Waals surface area (Å²) in [4.78, 5) is 21.9. The molecule has 3 aromatic rings. The third-order valence-corrected chi connectivity index (χ3v) is 5.03. The van der Waals surface area contributed by atoms with Crippen LogP contribution in [0.15, 0.2) is 17.6 Å². The van der Waals surface area contributed by atoms with Crippen molar-refractivity contribution in [2.75, 3.05) is 5.32 Å². The van der Waals surface area contributed by atoms with Gasteiger partial charge in [-0.25, -0.2) is 14.6 Å². The summed E-state index contributed by atoms with van der Waals surface area (Å²) < 4.78 is 1.88. The number of anilines is 1. The first-order valence-electron chi connectivity index (χ1n) is 8.14. The average molecular weight is 341 g/mol. The lowest BCUT2D eigenvalue weighted by Gasteiger charge is -2.10. The third kappa shape index (κ3) is 2.69. The van der Waals surface area contributed by atoms with Gasteiger partial charge in [-0.2, -0.15) is 5.10 Å². The lowest BCUT2D eigenvalue weighted by Crippen LogP contribution is -2.13. The fourth-order valence-electron chi connectivity index (χ4n) is 2.77. The highest BCUT2D eigenvalue weighted by molar-refractivity contribution is 7.13. The molecule has 0 aromatic carbocycles. The summed E-state index contributed by atoms with van der Waals surface area (Å²) in [5.74, 6) is 0.320. The molecular weight excluding hydrogens is 322 g/mol. The molecule has 1 aliphatic rings. The lowest BCUT2D eigenvalue weighted by atomic mass is 10.1. The number of hydrogen-bond donors (Lipinski definition) is 1. The van der Waals surface area contributed by atoms with Gasteiger partial charge >= 0.3 is 0 Å². The number of nitrogens with one attached hydrogen (secondary N) is 1. The number of amides is 1. The fraction of sp³-hybridized carbons (Fsp3) is 0.412. The number of thiazole rings is 1. The number of aromatic nitrogens is 4. The highest BCUT2D eigenvalue weighted by Gasteiger charge is 2.28. The molecule has 4 rings (SSSR count). The molecule has 1 aliphatic carbocycles. The normalized spacial score (nSPS) is 14.5. The Labute approximate surface area is 143 Å². The molecule has 0 radical (unpaired) electrons. The van der Waals surface area contributed by atoms with Crippen LogP contribution < -0.4 is 5.32 Å². The van der Waals surface area contributed by atoms with Gasteiger partial charge in [0.25, 0.3) is 5.91 Å². The zero-order valence-corrected chi connectivity index (χ0v) is 14.7. The molecule has 24 heavy (non-hydrogen) atoms. The maximum atomic E-state index is 12.8. The minimum atomic E-state index is -0.151. The average Bonchev–Trinajstić information content (AvgIpc) is 3.18. The number of rotatable bonds is 4. The number of hydrogen-bond acceptors (Lipinski definition) is 5. The second-order valence-electron chi connectivity index (χ2n) is 6.54. The highest BCUT2D eigenvalue weighted by Crippen LogP contribution is 2.40. The first-order chi connectivity index (χ1) is 11.5. The minimum Gasteiger partial charge on any atom is -0.298 e. The van der Waals surface area contributed by atoms with Crippen molar-refractivity contribution in [1.82, 2.24) is 19.7 Å². The standard InChI is InChI=1S/C17H19N5OS/c1-9(2)22-15-13(7-18-22)12(6-14(20-15)11-4-5-11)16(23)21-17-19-10(3)8-24-17/h6-9,11H,4-5H2,1-3H3,(H,19,21,23). The van der Waals surface area contributed by atoms with Gasteiger partial charge in [-0.3, -0.25) is 10.1 Å². The van der Waals surface area contributed by atoms with Gasteiger partial charge in [0, 0.05) is 23.0 Å². The molecule has 0 unspecified atom stereocenters. The zero-order valence-electron chi connectivity index (χ0n) is 13.9. The SMILES string of the molecule is Cc1csc(NC(=O)c2cc(C3CC3)nc3c2cnn3C(C)C)n1. The maximum absolute atomic E-state index is 12.8. The van der Waals surface area contributed by atoms with Crippen LogP contribution in [0.4, 0.5) is 5.13 Å². The van der Waals surface area contributed by atoms with Crippen molar-refractivity contribution in [3.05, 3.63) is 34.6 Å². The molecule has 3 heterocycles. The largest absolute Gasteiger partial charge is 0.298 e. The summed E-state index contributed by atoms with van der Waals surface area (Å²) in [6.07, 6.45) is 4.02. The second-order valence-corrected chi connectivity index (χ2v) is 7.40. The van der Waals surface area contributed by atoms with E-state index in [1.807, 2.05) is 23.1 Å². The highest BCUT2D eigenvalue weighted by atomic mass is 32.1. The van der Waals surface area contributed by atoms with Crippen LogP contribution in [0.2, 0.25) is 0 Å². The Bertz CT molecular complexity index is 922. The fourth-order valence-corrected chi connectivity index (χ4v) is 3.45. The van der Waals surface area contributed by atoms with E-state index in [1.165, 1.54) is 11.3 Å². The number of carbonyl (C=O) groups excluding carboxylic acids is 1. The van der Waals surface area contributed by atoms with Crippen molar-refractivity contribution >= 4 is 33.4 Å². The number of pyridine rings is 1. The van der Waals surface area contributed by atoms with E-state index in [2.05, 4.69) is 29.2 Å². The van der Waals surface area contributed by atoms with Crippen LogP contribution in [0.25, 0.3) is 11.0 Å². The van der Waals surface area contributed by atoms with Gasteiger partial charge in [-0.05, 0) is 39.7 Å². The topological polar surface area (TPSA) is 72.7 Å². The smallest absolute Gasteiger partial charge is 0.258 e. The number of carbonyl (C=O) groups is 1. The monoisotopic (exact) mass is 341 g/mol. The Balaban J connectivity index is 1.79. The predicted molar refractivity (Wildman–Crippen MR) is 94.7 cm³/mol. The Hall–Kier alpha value is -2.28. The van der Waals surface area contributed by atoms with Crippen molar-refractivity contribution in [1.29, 1.82) is 0 Å². The van der Waals surface area contributed by atoms with E-state index in [4.69, 9.17) is 4.98 Å². The molecule has 1 saturated carbocycles. The number of aryl methyl sites for hydroxylation is 1. The first kappa shape index (κ1) is 15.3. The molecule has 1 N–H and O–H groups in total. The maximum Gasteiger partial charge on any atom is 0.258 e. The molecule has 124 valence electrons. The molecule has 0 bridgehead atoms. The lowest BCUT2D eigenvalue weighted by molar-refractivity contribution is 0.102. The molecule has 0 aliphatic heterocycles. The Morgan fingerprint density at radius 2 is 2.17 bits per heavy atom. The van der Waals surface area contributed by atoms with Gasteiger partial charge in [0.1, 0.15) is 0 Å². The van der Waals surface area contributed by atoms with Crippen LogP contribution >= 0.6 is 11.3 Å². The second kappa shape index (κ2) is 5.66. The molecule has 1 amide bonds. The van der Waals surface area contributed by atoms with Gasteiger partial charge in [-0.1, -0.05) is 0 Å². The van der Waals surface area contributed by atoms with Gasteiger partial charge in [-0.15, -0.1) is 11.3 Å². The van der Waals surface area contributed by atoms with Crippen LogP contribution in [0.5, 0.6) is 0 Å². The number of fused-ring (bicyclic) bond motifs is 1. The third-order valence-electron chi connectivity index (χ3n) is 4.16. The molecular formula is C17H19N5OS. The van der Waals surface area contributed by atoms with Crippen molar-refractivity contribution in [3.63, 3.8) is 0 Å². The van der Waals surface area contributed by atoms with Gasteiger partial charge < -0.3 is 0 Å². The summed E-state index contributed by atoms with van der Waals surface area (Å²) in [6, 6.07) is 2.12. The van der Waals surface area contributed by atoms with E-state index < -0.39 is 0 Å². The minimum absolute atomic E-state index is 0.151. The van der Waals surface area contributed by atoms with Crippen LogP contribution in [-0.4, -0.2) is 25.7 Å². The molecule has 0 saturated heterocycles. The molecule has 3 aromatic heterocycles. The van der Waals surface area contributed by atoms with Gasteiger partial charge in [0.2, 0.25) is 0 Å². The summed E-state index contributed by atoms with van der Waals surface area (Å²) in [5, 5.41) is 10.7. The van der Waals surface area contributed by atoms with Crippen LogP contribution in [-0.2, 0) is 0 Å². The molecule has 1 fully saturated rings. The summed E-state index contributed by atoms with van der Waals surface area (Å²) in [5.41, 5.74) is 3.31. The van der Waals surface area contributed by atoms with Crippen molar-refractivity contribution in [3.8, 4) is 0 Å². The van der Waals surface area contributed by atoms with Gasteiger partial charge in [0.05, 0.1) is 22.8 Å². The van der Waals surface area contributed by atoms with E-state index in [9.17, 15) is 4.79 Å². The number of nitrogens with zero attached hydrogens (tertiary/aromatic N) is 4. The zero-order chi connectivity index (χ0) is 16.8. The summed E-state index contributed by atoms with van der Waals surface area (Å²) in [6.45, 7) is 6.04. The van der Waals surface area contributed by atoms with Crippen molar-refractivity contribution in [2.45, 2.75) is 45.6 Å². The first-order valence-corrected chi connectivity index (χ1v) is 9.02. The van der Waals surface area contributed by atoms with E-state index in [0.717, 1.165) is 35.3 Å². The Kier molecular flexibility index (Phi) is 3.60. The van der Waals surface area contributed by atoms with Crippen molar-refractivity contribution < 1.29 is 4.79 Å². The van der Waals surface area contributed by atoms with E-state index in [0.29, 0.717) is 16.6 Å². The molecule has 0 atom stereocenters. The quantitative estimate of drug-likeness (QED) is 0.781. The van der Waals surface area contributed by atoms with Crippen LogP contribution in [0.3, 0.4) is 0 Å². The Morgan fingerprint density at radius 1 is 1.38 bits per heavy atom. The van der Waals surface area contributed by atoms with E-state index in [1.54, 1.807) is 6.20 Å². The van der Waals surface area contributed by atoms with Gasteiger partial charge in [0.15, 0.2) is 10.8 Å². The molecule has 0 spiro atoms. The van der Waals surface area contributed by atoms with Crippen LogP contribution in [0, 0.1) is 6.92 Å². The Morgan fingerprint density at radius 3 is 2.79 bits per heavy atom. The molecule has 7 heteroatoms. The predicted octanol–water partition coefficient (Wildman–Crippen LogP) is 3.91. The summed E-state index contributed by atoms with van der Waals surface area (Å²) >= 11 is 1.43. The van der Waals surface area contributed by atoms with E-state index >= 15 is 0 Å². The van der Waals surface area contributed by atoms with Crippen molar-refractivity contribution in [2.24, 2.45) is 0 Å². The molecule has 6 nitrogen and oxygen atoms in total. The van der Waals surface area contributed by atoms with Crippen LogP contribution in [0.1, 0.15) is 60.4 Å².